The molecule has 0 spiro atoms. The molecule has 1 aliphatic carbocycles. The fourth-order valence-electron chi connectivity index (χ4n) is 3.36. The molecule has 1 saturated carbocycles. The van der Waals surface area contributed by atoms with Crippen LogP contribution in [0.5, 0.6) is 0 Å². The average molecular weight is 299 g/mol. The summed E-state index contributed by atoms with van der Waals surface area (Å²) < 4.78 is 1.89. The van der Waals surface area contributed by atoms with Crippen LogP contribution >= 0.6 is 11.6 Å². The Morgan fingerprint density at radius 2 is 1.90 bits per heavy atom. The summed E-state index contributed by atoms with van der Waals surface area (Å²) in [6.07, 6.45) is 10.1. The maximum absolute atomic E-state index is 6.36. The van der Waals surface area contributed by atoms with Crippen molar-refractivity contribution in [2.45, 2.75) is 64.3 Å². The summed E-state index contributed by atoms with van der Waals surface area (Å²) >= 11 is 6.36. The molecule has 0 saturated heterocycles. The number of aryl methyl sites for hydroxylation is 2. The molecule has 1 aromatic heterocycles. The van der Waals surface area contributed by atoms with E-state index in [9.17, 15) is 0 Å². The lowest BCUT2D eigenvalue weighted by Gasteiger charge is -2.28. The fraction of sp³-hybridized carbons (Fsp3) is 0.800. The lowest BCUT2D eigenvalue weighted by molar-refractivity contribution is 0.282. The van der Waals surface area contributed by atoms with Gasteiger partial charge < -0.3 is 0 Å². The van der Waals surface area contributed by atoms with Gasteiger partial charge >= 0.3 is 0 Å². The highest BCUT2D eigenvalue weighted by atomic mass is 35.5. The Bertz CT molecular complexity index is 422. The van der Waals surface area contributed by atoms with E-state index >= 15 is 0 Å². The first-order valence-electron chi connectivity index (χ1n) is 7.77. The number of nitrogens with one attached hydrogen (secondary N) is 1. The van der Waals surface area contributed by atoms with Crippen molar-refractivity contribution in [3.8, 4) is 0 Å². The maximum atomic E-state index is 6.36. The minimum atomic E-state index is 0.292. The van der Waals surface area contributed by atoms with Gasteiger partial charge in [0, 0.05) is 19.5 Å². The van der Waals surface area contributed by atoms with Crippen molar-refractivity contribution in [3.63, 3.8) is 0 Å². The van der Waals surface area contributed by atoms with E-state index in [0.717, 1.165) is 22.8 Å². The van der Waals surface area contributed by atoms with Crippen molar-refractivity contribution in [1.29, 1.82) is 0 Å². The van der Waals surface area contributed by atoms with Crippen LogP contribution in [0.25, 0.3) is 0 Å². The lowest BCUT2D eigenvalue weighted by Crippen LogP contribution is -2.43. The normalized spacial score (nSPS) is 19.6. The number of aromatic nitrogens is 2. The summed E-state index contributed by atoms with van der Waals surface area (Å²) in [6.45, 7) is 1.95. The van der Waals surface area contributed by atoms with E-state index in [1.54, 1.807) is 0 Å². The van der Waals surface area contributed by atoms with Gasteiger partial charge in [-0.1, -0.05) is 43.7 Å². The van der Waals surface area contributed by atoms with Crippen LogP contribution in [0.15, 0.2) is 0 Å². The van der Waals surface area contributed by atoms with Gasteiger partial charge in [0.15, 0.2) is 0 Å². The van der Waals surface area contributed by atoms with Crippen LogP contribution in [0.4, 0.5) is 0 Å². The quantitative estimate of drug-likeness (QED) is 0.663. The Kier molecular flexibility index (Phi) is 5.87. The van der Waals surface area contributed by atoms with Gasteiger partial charge in [0.2, 0.25) is 0 Å². The molecule has 0 radical (unpaired) electrons. The summed E-state index contributed by atoms with van der Waals surface area (Å²) in [5.74, 6) is 6.47. The van der Waals surface area contributed by atoms with Crippen LogP contribution in [0, 0.1) is 12.8 Å². The molecule has 4 nitrogen and oxygen atoms in total. The Morgan fingerprint density at radius 3 is 2.40 bits per heavy atom. The third-order valence-electron chi connectivity index (χ3n) is 4.61. The van der Waals surface area contributed by atoms with Crippen molar-refractivity contribution in [2.75, 3.05) is 0 Å². The van der Waals surface area contributed by atoms with Gasteiger partial charge in [0.1, 0.15) is 0 Å². The molecule has 0 aromatic carbocycles. The number of hydrogen-bond donors (Lipinski definition) is 2. The molecule has 1 atom stereocenters. The Hall–Kier alpha value is -0.580. The van der Waals surface area contributed by atoms with Crippen LogP contribution in [0.2, 0.25) is 5.02 Å². The molecule has 1 aliphatic rings. The minimum Gasteiger partial charge on any atom is -0.271 e. The topological polar surface area (TPSA) is 55.9 Å². The molecule has 1 heterocycles. The van der Waals surface area contributed by atoms with Crippen molar-refractivity contribution in [1.82, 2.24) is 15.2 Å². The molecule has 5 heteroatoms. The van der Waals surface area contributed by atoms with Crippen LogP contribution in [-0.2, 0) is 13.5 Å². The lowest BCUT2D eigenvalue weighted by atomic mass is 9.84. The van der Waals surface area contributed by atoms with E-state index in [1.165, 1.54) is 44.9 Å². The van der Waals surface area contributed by atoms with Crippen molar-refractivity contribution < 1.29 is 0 Å². The Balaban J connectivity index is 2.07. The first-order chi connectivity index (χ1) is 9.63. The highest BCUT2D eigenvalue weighted by Crippen LogP contribution is 2.28. The third kappa shape index (κ3) is 3.74. The van der Waals surface area contributed by atoms with Crippen LogP contribution < -0.4 is 11.3 Å². The van der Waals surface area contributed by atoms with Gasteiger partial charge in [-0.25, -0.2) is 0 Å². The molecule has 0 aliphatic heterocycles. The zero-order valence-corrected chi connectivity index (χ0v) is 13.4. The smallest absolute Gasteiger partial charge is 0.0847 e. The Morgan fingerprint density at radius 1 is 1.30 bits per heavy atom. The second kappa shape index (κ2) is 7.43. The summed E-state index contributed by atoms with van der Waals surface area (Å²) in [7, 11) is 1.96. The standard InChI is InChI=1S/C15H27ClN4/c1-11-15(16)14(20(2)19-11)10-13(18-17)12-8-6-4-3-5-7-9-12/h12-13,18H,3-10,17H2,1-2H3. The van der Waals surface area contributed by atoms with Gasteiger partial charge in [-0.3, -0.25) is 16.0 Å². The second-order valence-corrected chi connectivity index (χ2v) is 6.43. The second-order valence-electron chi connectivity index (χ2n) is 6.05. The monoisotopic (exact) mass is 298 g/mol. The predicted molar refractivity (Wildman–Crippen MR) is 83.6 cm³/mol. The minimum absolute atomic E-state index is 0.292. The molecule has 3 N–H and O–H groups in total. The molecular formula is C15H27ClN4. The number of hydrogen-bond acceptors (Lipinski definition) is 3. The Labute approximate surface area is 127 Å². The number of nitrogens with two attached hydrogens (primary N) is 1. The summed E-state index contributed by atoms with van der Waals surface area (Å²) in [4.78, 5) is 0. The predicted octanol–water partition coefficient (Wildman–Crippen LogP) is 3.12. The van der Waals surface area contributed by atoms with Crippen LogP contribution in [0.1, 0.15) is 56.3 Å². The van der Waals surface area contributed by atoms with Crippen LogP contribution in [-0.4, -0.2) is 15.8 Å². The van der Waals surface area contributed by atoms with E-state index in [-0.39, 0.29) is 0 Å². The molecule has 1 fully saturated rings. The largest absolute Gasteiger partial charge is 0.271 e. The molecule has 20 heavy (non-hydrogen) atoms. The molecule has 2 rings (SSSR count). The van der Waals surface area contributed by atoms with E-state index in [0.29, 0.717) is 12.0 Å². The number of rotatable bonds is 4. The highest BCUT2D eigenvalue weighted by molar-refractivity contribution is 6.31. The van der Waals surface area contributed by atoms with E-state index in [4.69, 9.17) is 17.4 Å². The first-order valence-corrected chi connectivity index (χ1v) is 8.15. The molecule has 0 bridgehead atoms. The van der Waals surface area contributed by atoms with Crippen molar-refractivity contribution in [3.05, 3.63) is 16.4 Å². The molecule has 1 unspecified atom stereocenters. The zero-order valence-electron chi connectivity index (χ0n) is 12.7. The average Bonchev–Trinajstić information content (AvgIpc) is 2.62. The third-order valence-corrected chi connectivity index (χ3v) is 5.10. The summed E-state index contributed by atoms with van der Waals surface area (Å²) in [5, 5.41) is 5.18. The van der Waals surface area contributed by atoms with Crippen molar-refractivity contribution in [2.24, 2.45) is 18.8 Å². The van der Waals surface area contributed by atoms with E-state index in [2.05, 4.69) is 10.5 Å². The van der Waals surface area contributed by atoms with E-state index < -0.39 is 0 Å². The molecular weight excluding hydrogens is 272 g/mol. The van der Waals surface area contributed by atoms with Gasteiger partial charge in [-0.05, 0) is 25.7 Å². The van der Waals surface area contributed by atoms with Gasteiger partial charge in [0.25, 0.3) is 0 Å². The van der Waals surface area contributed by atoms with Gasteiger partial charge in [-0.2, -0.15) is 5.10 Å². The summed E-state index contributed by atoms with van der Waals surface area (Å²) in [5.41, 5.74) is 5.02. The van der Waals surface area contributed by atoms with E-state index in [1.807, 2.05) is 18.7 Å². The number of nitrogens with zero attached hydrogens (tertiary/aromatic N) is 2. The van der Waals surface area contributed by atoms with Crippen LogP contribution in [0.3, 0.4) is 0 Å². The van der Waals surface area contributed by atoms with Crippen molar-refractivity contribution >= 4 is 11.6 Å². The molecule has 114 valence electrons. The first kappa shape index (κ1) is 15.8. The zero-order chi connectivity index (χ0) is 14.5. The summed E-state index contributed by atoms with van der Waals surface area (Å²) in [6, 6.07) is 0.292. The SMILES string of the molecule is Cc1nn(C)c(CC(NN)C2CCCCCCC2)c1Cl. The molecule has 1 aromatic rings. The molecule has 0 amide bonds. The number of hydrazine groups is 1. The maximum Gasteiger partial charge on any atom is 0.0847 e. The number of halogens is 1. The van der Waals surface area contributed by atoms with Gasteiger partial charge in [-0.15, -0.1) is 0 Å². The highest BCUT2D eigenvalue weighted by Gasteiger charge is 2.24. The fourth-order valence-corrected chi connectivity index (χ4v) is 3.60. The van der Waals surface area contributed by atoms with Gasteiger partial charge in [0.05, 0.1) is 16.4 Å².